The molecule has 0 bridgehead atoms. The van der Waals surface area contributed by atoms with Crippen molar-refractivity contribution >= 4 is 28.8 Å². The van der Waals surface area contributed by atoms with Gasteiger partial charge in [0.15, 0.2) is 0 Å². The van der Waals surface area contributed by atoms with E-state index in [1.54, 1.807) is 12.1 Å². The molecule has 0 saturated carbocycles. The summed E-state index contributed by atoms with van der Waals surface area (Å²) in [5.41, 5.74) is 4.88. The second-order valence-corrected chi connectivity index (χ2v) is 8.98. The van der Waals surface area contributed by atoms with E-state index < -0.39 is 17.8 Å². The third-order valence-electron chi connectivity index (χ3n) is 5.73. The van der Waals surface area contributed by atoms with Gasteiger partial charge in [-0.3, -0.25) is 4.79 Å². The zero-order chi connectivity index (χ0) is 20.2. The maximum absolute atomic E-state index is 14.8. The van der Waals surface area contributed by atoms with Crippen LogP contribution in [-0.2, 0) is 4.79 Å². The first-order chi connectivity index (χ1) is 13.2. The Morgan fingerprint density at radius 3 is 2.50 bits per heavy atom. The molecule has 1 heterocycles. The fourth-order valence-corrected chi connectivity index (χ4v) is 4.55. The molecule has 2 aromatic rings. The molecule has 5 heteroatoms. The normalized spacial score (nSPS) is 22.9. The maximum Gasteiger partial charge on any atom is 0.145 e. The number of fused-ring (bicyclic) bond motifs is 2. The lowest BCUT2D eigenvalue weighted by atomic mass is 9.72. The van der Waals surface area contributed by atoms with Crippen molar-refractivity contribution in [3.05, 3.63) is 69.6 Å². The Hall–Kier alpha value is -2.33. The van der Waals surface area contributed by atoms with Crippen LogP contribution >= 0.6 is 11.6 Å². The van der Waals surface area contributed by atoms with Gasteiger partial charge in [0, 0.05) is 22.7 Å². The minimum atomic E-state index is -0.584. The molecule has 2 atom stereocenters. The Morgan fingerprint density at radius 2 is 1.82 bits per heavy atom. The standard InChI is InChI=1S/C23H24ClFN2O/c1-12-8-16-17(9-13(12)2)27-22(20-14(24)6-5-7-15(20)25)21-18(26-16)10-23(3,4)11-19(21)28/h5-10,21-22,26-27H,11H2,1-4H3/t21-,22-/m0/s1. The Balaban J connectivity index is 1.96. The van der Waals surface area contributed by atoms with Crippen LogP contribution in [0.25, 0.3) is 0 Å². The molecule has 1 aliphatic heterocycles. The number of rotatable bonds is 1. The molecule has 0 amide bonds. The monoisotopic (exact) mass is 398 g/mol. The number of allylic oxidation sites excluding steroid dienone is 1. The van der Waals surface area contributed by atoms with Gasteiger partial charge < -0.3 is 10.6 Å². The van der Waals surface area contributed by atoms with E-state index in [9.17, 15) is 9.18 Å². The van der Waals surface area contributed by atoms with Gasteiger partial charge in [-0.1, -0.05) is 37.6 Å². The molecule has 0 spiro atoms. The van der Waals surface area contributed by atoms with E-state index >= 15 is 0 Å². The summed E-state index contributed by atoms with van der Waals surface area (Å²) in [6.45, 7) is 8.17. The fourth-order valence-electron chi connectivity index (χ4n) is 4.27. The van der Waals surface area contributed by atoms with Crippen molar-refractivity contribution in [2.75, 3.05) is 10.6 Å². The van der Waals surface area contributed by atoms with E-state index in [1.807, 2.05) is 26.8 Å². The topological polar surface area (TPSA) is 41.1 Å². The highest BCUT2D eigenvalue weighted by molar-refractivity contribution is 6.31. The highest BCUT2D eigenvalue weighted by atomic mass is 35.5. The molecule has 4 rings (SSSR count). The predicted octanol–water partition coefficient (Wildman–Crippen LogP) is 6.17. The largest absolute Gasteiger partial charge is 0.375 e. The number of hydrogen-bond acceptors (Lipinski definition) is 3. The number of nitrogens with one attached hydrogen (secondary N) is 2. The van der Waals surface area contributed by atoms with E-state index in [0.717, 1.165) is 28.2 Å². The van der Waals surface area contributed by atoms with Gasteiger partial charge in [0.05, 0.1) is 23.3 Å². The number of ketones is 1. The Morgan fingerprint density at radius 1 is 1.14 bits per heavy atom. The second-order valence-electron chi connectivity index (χ2n) is 8.57. The SMILES string of the molecule is Cc1cc2c(cc1C)N[C@@H](c1c(F)cccc1Cl)[C@@H]1C(=O)CC(C)(C)C=C1N2. The van der Waals surface area contributed by atoms with Crippen LogP contribution in [0.1, 0.15) is 43.0 Å². The summed E-state index contributed by atoms with van der Waals surface area (Å²) in [4.78, 5) is 13.2. The van der Waals surface area contributed by atoms with E-state index in [2.05, 4.69) is 29.7 Å². The van der Waals surface area contributed by atoms with Crippen molar-refractivity contribution < 1.29 is 9.18 Å². The van der Waals surface area contributed by atoms with Gasteiger partial charge in [-0.05, 0) is 54.7 Å². The zero-order valence-corrected chi connectivity index (χ0v) is 17.2. The van der Waals surface area contributed by atoms with Gasteiger partial charge in [0.1, 0.15) is 11.6 Å². The Kier molecular flexibility index (Phi) is 4.50. The first-order valence-electron chi connectivity index (χ1n) is 9.50. The predicted molar refractivity (Wildman–Crippen MR) is 112 cm³/mol. The fraction of sp³-hybridized carbons (Fsp3) is 0.348. The highest BCUT2D eigenvalue weighted by Crippen LogP contribution is 2.47. The summed E-state index contributed by atoms with van der Waals surface area (Å²) in [6.07, 6.45) is 2.51. The molecule has 1 aliphatic carbocycles. The lowest BCUT2D eigenvalue weighted by Gasteiger charge is -2.35. The van der Waals surface area contributed by atoms with Crippen LogP contribution < -0.4 is 10.6 Å². The minimum Gasteiger partial charge on any atom is -0.375 e. The molecule has 146 valence electrons. The zero-order valence-electron chi connectivity index (χ0n) is 16.5. The lowest BCUT2D eigenvalue weighted by Crippen LogP contribution is -2.37. The molecule has 2 N–H and O–H groups in total. The molecule has 0 radical (unpaired) electrons. The van der Waals surface area contributed by atoms with Crippen LogP contribution in [0.5, 0.6) is 0 Å². The summed E-state index contributed by atoms with van der Waals surface area (Å²) in [7, 11) is 0. The smallest absolute Gasteiger partial charge is 0.145 e. The number of carbonyl (C=O) groups is 1. The van der Waals surface area contributed by atoms with Crippen molar-refractivity contribution in [2.45, 2.75) is 40.2 Å². The van der Waals surface area contributed by atoms with Crippen LogP contribution in [0.4, 0.5) is 15.8 Å². The summed E-state index contributed by atoms with van der Waals surface area (Å²) in [6, 6.07) is 8.16. The number of aryl methyl sites for hydroxylation is 2. The number of hydrogen-bond donors (Lipinski definition) is 2. The Bertz CT molecular complexity index is 992. The molecule has 0 fully saturated rings. The first kappa shape index (κ1) is 19.0. The molecule has 0 unspecified atom stereocenters. The van der Waals surface area contributed by atoms with E-state index in [0.29, 0.717) is 17.0 Å². The second kappa shape index (κ2) is 6.63. The quantitative estimate of drug-likeness (QED) is 0.603. The number of carbonyl (C=O) groups excluding carboxylic acids is 1. The third kappa shape index (κ3) is 3.20. The molecular formula is C23H24ClFN2O. The van der Waals surface area contributed by atoms with Crippen molar-refractivity contribution in [1.29, 1.82) is 0 Å². The molecule has 28 heavy (non-hydrogen) atoms. The minimum absolute atomic E-state index is 0.0769. The van der Waals surface area contributed by atoms with Crippen molar-refractivity contribution in [3.8, 4) is 0 Å². The average Bonchev–Trinajstić information content (AvgIpc) is 2.71. The van der Waals surface area contributed by atoms with E-state index in [1.165, 1.54) is 6.07 Å². The van der Waals surface area contributed by atoms with Crippen LogP contribution in [0.15, 0.2) is 42.1 Å². The summed E-state index contributed by atoms with van der Waals surface area (Å²) < 4.78 is 14.8. The van der Waals surface area contributed by atoms with E-state index in [-0.39, 0.29) is 11.2 Å². The van der Waals surface area contributed by atoms with E-state index in [4.69, 9.17) is 11.6 Å². The Labute approximate surface area is 170 Å². The van der Waals surface area contributed by atoms with Gasteiger partial charge in [0.2, 0.25) is 0 Å². The molecular weight excluding hydrogens is 375 g/mol. The lowest BCUT2D eigenvalue weighted by molar-refractivity contribution is -0.124. The third-order valence-corrected chi connectivity index (χ3v) is 6.06. The molecule has 0 saturated heterocycles. The molecule has 2 aliphatic rings. The van der Waals surface area contributed by atoms with Crippen LogP contribution in [-0.4, -0.2) is 5.78 Å². The number of anilines is 2. The van der Waals surface area contributed by atoms with Gasteiger partial charge in [-0.25, -0.2) is 4.39 Å². The average molecular weight is 399 g/mol. The molecule has 0 aromatic heterocycles. The van der Waals surface area contributed by atoms with Crippen molar-refractivity contribution in [3.63, 3.8) is 0 Å². The number of benzene rings is 2. The summed E-state index contributed by atoms with van der Waals surface area (Å²) in [5, 5.41) is 7.22. The number of Topliss-reactive ketones (excluding diaryl/α,β-unsaturated/α-hetero) is 1. The first-order valence-corrected chi connectivity index (χ1v) is 9.88. The van der Waals surface area contributed by atoms with Gasteiger partial charge in [-0.15, -0.1) is 0 Å². The summed E-state index contributed by atoms with van der Waals surface area (Å²) in [5.74, 6) is -0.863. The van der Waals surface area contributed by atoms with Gasteiger partial charge in [0.25, 0.3) is 0 Å². The van der Waals surface area contributed by atoms with Crippen LogP contribution in [0.3, 0.4) is 0 Å². The van der Waals surface area contributed by atoms with Gasteiger partial charge in [-0.2, -0.15) is 0 Å². The van der Waals surface area contributed by atoms with Gasteiger partial charge >= 0.3 is 0 Å². The van der Waals surface area contributed by atoms with Crippen LogP contribution in [0, 0.1) is 31.0 Å². The van der Waals surface area contributed by atoms with Crippen molar-refractivity contribution in [2.24, 2.45) is 11.3 Å². The maximum atomic E-state index is 14.8. The van der Waals surface area contributed by atoms with Crippen molar-refractivity contribution in [1.82, 2.24) is 0 Å². The summed E-state index contributed by atoms with van der Waals surface area (Å²) >= 11 is 6.40. The number of halogens is 2. The van der Waals surface area contributed by atoms with Crippen LogP contribution in [0.2, 0.25) is 5.02 Å². The molecule has 2 aromatic carbocycles. The molecule has 3 nitrogen and oxygen atoms in total. The highest BCUT2D eigenvalue weighted by Gasteiger charge is 2.43.